The number of fused-ring (bicyclic) bond motifs is 1. The monoisotopic (exact) mass is 320 g/mol. The van der Waals surface area contributed by atoms with E-state index >= 15 is 0 Å². The third-order valence-corrected chi connectivity index (χ3v) is 4.53. The first kappa shape index (κ1) is 15.4. The normalized spacial score (nSPS) is 14.7. The first-order valence-electron chi connectivity index (χ1n) is 6.28. The van der Waals surface area contributed by atoms with E-state index < -0.39 is 27.8 Å². The topological polar surface area (TPSA) is 34.9 Å². The number of halogens is 3. The molecule has 1 aromatic heterocycles. The van der Waals surface area contributed by atoms with Crippen molar-refractivity contribution in [3.63, 3.8) is 0 Å². The highest BCUT2D eigenvalue weighted by Gasteiger charge is 2.20. The first-order valence-corrected chi connectivity index (χ1v) is 8.21. The molecule has 0 aliphatic heterocycles. The summed E-state index contributed by atoms with van der Waals surface area (Å²) >= 11 is 6.05. The van der Waals surface area contributed by atoms with Gasteiger partial charge in [-0.05, 0) is 19.1 Å². The van der Waals surface area contributed by atoms with Gasteiger partial charge in [0, 0.05) is 28.9 Å². The summed E-state index contributed by atoms with van der Waals surface area (Å²) in [6, 6.07) is 2.46. The van der Waals surface area contributed by atoms with Crippen LogP contribution in [0.1, 0.15) is 25.0 Å². The maximum Gasteiger partial charge on any atom is 0.184 e. The third-order valence-electron chi connectivity index (χ3n) is 3.05. The number of aromatic nitrogens is 2. The average Bonchev–Trinajstić information content (AvgIpc) is 2.79. The van der Waals surface area contributed by atoms with Crippen molar-refractivity contribution in [2.75, 3.05) is 11.5 Å². The van der Waals surface area contributed by atoms with Crippen LogP contribution in [0.5, 0.6) is 0 Å². The second kappa shape index (κ2) is 6.18. The summed E-state index contributed by atoms with van der Waals surface area (Å²) in [6.45, 7) is 3.82. The van der Waals surface area contributed by atoms with Crippen molar-refractivity contribution in [2.45, 2.75) is 25.8 Å². The van der Waals surface area contributed by atoms with Gasteiger partial charge in [-0.15, -0.1) is 11.6 Å². The quantitative estimate of drug-likeness (QED) is 0.792. The van der Waals surface area contributed by atoms with E-state index in [2.05, 4.69) is 4.98 Å². The van der Waals surface area contributed by atoms with E-state index in [0.717, 1.165) is 6.07 Å². The van der Waals surface area contributed by atoms with E-state index in [0.29, 0.717) is 29.4 Å². The fourth-order valence-corrected chi connectivity index (χ4v) is 2.88. The second-order valence-electron chi connectivity index (χ2n) is 4.40. The van der Waals surface area contributed by atoms with Crippen molar-refractivity contribution in [1.82, 2.24) is 9.55 Å². The van der Waals surface area contributed by atoms with E-state index in [9.17, 15) is 13.0 Å². The number of hydrogen-bond acceptors (Lipinski definition) is 2. The zero-order valence-electron chi connectivity index (χ0n) is 11.2. The minimum Gasteiger partial charge on any atom is -0.323 e. The van der Waals surface area contributed by atoms with Gasteiger partial charge in [0.15, 0.2) is 11.6 Å². The van der Waals surface area contributed by atoms with Crippen molar-refractivity contribution >= 4 is 33.4 Å². The summed E-state index contributed by atoms with van der Waals surface area (Å²) in [5.74, 6) is -0.534. The Balaban J connectivity index is 2.55. The van der Waals surface area contributed by atoms with Crippen LogP contribution in [-0.2, 0) is 17.3 Å². The number of nitrogens with zero attached hydrogens (tertiary/aromatic N) is 2. The van der Waals surface area contributed by atoms with Crippen LogP contribution in [0.3, 0.4) is 0 Å². The molecule has 0 saturated carbocycles. The van der Waals surface area contributed by atoms with Gasteiger partial charge >= 0.3 is 0 Å². The fraction of sp³-hybridized carbons (Fsp3) is 0.462. The Kier molecular flexibility index (Phi) is 4.75. The zero-order valence-corrected chi connectivity index (χ0v) is 12.8. The fourth-order valence-electron chi connectivity index (χ4n) is 2.04. The van der Waals surface area contributed by atoms with Crippen LogP contribution in [0.2, 0.25) is 0 Å². The third kappa shape index (κ3) is 2.86. The molecule has 0 bridgehead atoms. The van der Waals surface area contributed by atoms with E-state index in [-0.39, 0.29) is 5.52 Å². The molecule has 7 heteroatoms. The number of hydrogen-bond donors (Lipinski definition) is 0. The highest BCUT2D eigenvalue weighted by molar-refractivity contribution is 7.84. The van der Waals surface area contributed by atoms with Gasteiger partial charge in [-0.25, -0.2) is 13.8 Å². The van der Waals surface area contributed by atoms with Gasteiger partial charge in [0.25, 0.3) is 0 Å². The lowest BCUT2D eigenvalue weighted by Crippen LogP contribution is -2.12. The number of imidazole rings is 1. The molecule has 2 atom stereocenters. The summed E-state index contributed by atoms with van der Waals surface area (Å²) in [7, 11) is -0.996. The molecule has 0 fully saturated rings. The van der Waals surface area contributed by atoms with Gasteiger partial charge in [-0.2, -0.15) is 0 Å². The predicted octanol–water partition coefficient (Wildman–Crippen LogP) is 3.38. The molecule has 0 radical (unpaired) electrons. The molecule has 1 aromatic carbocycles. The molecule has 0 aliphatic rings. The van der Waals surface area contributed by atoms with Crippen molar-refractivity contribution in [3.05, 3.63) is 29.6 Å². The Hall–Kier alpha value is -1.01. The largest absolute Gasteiger partial charge is 0.323 e. The van der Waals surface area contributed by atoms with E-state index in [1.54, 1.807) is 6.92 Å². The number of benzene rings is 1. The summed E-state index contributed by atoms with van der Waals surface area (Å²) in [4.78, 5) is 4.24. The second-order valence-corrected chi connectivity index (χ2v) is 6.92. The molecule has 2 rings (SSSR count). The molecule has 2 unspecified atom stereocenters. The van der Waals surface area contributed by atoms with Crippen molar-refractivity contribution in [2.24, 2.45) is 0 Å². The number of alkyl halides is 1. The first-order chi connectivity index (χ1) is 9.45. The Morgan fingerprint density at radius 3 is 2.75 bits per heavy atom. The van der Waals surface area contributed by atoms with Crippen LogP contribution in [0.4, 0.5) is 8.78 Å². The van der Waals surface area contributed by atoms with E-state index in [1.165, 1.54) is 10.6 Å². The Bertz CT molecular complexity index is 657. The van der Waals surface area contributed by atoms with Gasteiger partial charge in [0.2, 0.25) is 0 Å². The maximum atomic E-state index is 14.0. The lowest BCUT2D eigenvalue weighted by Gasteiger charge is -2.10. The molecular weight excluding hydrogens is 306 g/mol. The van der Waals surface area contributed by atoms with Crippen LogP contribution in [0.15, 0.2) is 12.1 Å². The van der Waals surface area contributed by atoms with Crippen LogP contribution >= 0.6 is 11.6 Å². The molecule has 1 heterocycles. The van der Waals surface area contributed by atoms with Gasteiger partial charge in [0.05, 0.1) is 10.9 Å². The minimum absolute atomic E-state index is 0.0839. The standard InChI is InChI=1S/C13H15ClF2N2OS/c1-3-20(19)7-6-18-12-10(17-13(18)8(2)14)5-4-9(15)11(12)16/h4-5,8H,3,6-7H2,1-2H3. The molecule has 110 valence electrons. The van der Waals surface area contributed by atoms with Gasteiger partial charge in [-0.1, -0.05) is 6.92 Å². The number of aryl methyl sites for hydroxylation is 1. The van der Waals surface area contributed by atoms with Crippen molar-refractivity contribution in [3.8, 4) is 0 Å². The summed E-state index contributed by atoms with van der Waals surface area (Å²) < 4.78 is 40.5. The molecule has 0 amide bonds. The lowest BCUT2D eigenvalue weighted by atomic mass is 10.3. The minimum atomic E-state index is -0.996. The summed E-state index contributed by atoms with van der Waals surface area (Å²) in [6.07, 6.45) is 0. The molecule has 0 N–H and O–H groups in total. The Morgan fingerprint density at radius 2 is 2.15 bits per heavy atom. The SMILES string of the molecule is CCS(=O)CCn1c(C(C)Cl)nc2ccc(F)c(F)c21. The molecule has 0 aliphatic carbocycles. The van der Waals surface area contributed by atoms with E-state index in [4.69, 9.17) is 11.6 Å². The van der Waals surface area contributed by atoms with Crippen molar-refractivity contribution in [1.29, 1.82) is 0 Å². The van der Waals surface area contributed by atoms with Gasteiger partial charge < -0.3 is 4.57 Å². The maximum absolute atomic E-state index is 14.0. The predicted molar refractivity (Wildman–Crippen MR) is 77.5 cm³/mol. The van der Waals surface area contributed by atoms with E-state index in [1.807, 2.05) is 6.92 Å². The van der Waals surface area contributed by atoms with Gasteiger partial charge in [-0.3, -0.25) is 4.21 Å². The molecule has 2 aromatic rings. The van der Waals surface area contributed by atoms with Crippen molar-refractivity contribution < 1.29 is 13.0 Å². The van der Waals surface area contributed by atoms with Crippen LogP contribution in [-0.4, -0.2) is 25.3 Å². The molecule has 0 saturated heterocycles. The highest BCUT2D eigenvalue weighted by Crippen LogP contribution is 2.27. The smallest absolute Gasteiger partial charge is 0.184 e. The molecule has 3 nitrogen and oxygen atoms in total. The number of rotatable bonds is 5. The molecule has 0 spiro atoms. The molecular formula is C13H15ClF2N2OS. The Labute approximate surface area is 123 Å². The average molecular weight is 321 g/mol. The van der Waals surface area contributed by atoms with Crippen LogP contribution < -0.4 is 0 Å². The summed E-state index contributed by atoms with van der Waals surface area (Å²) in [5, 5.41) is -0.445. The Morgan fingerprint density at radius 1 is 1.45 bits per heavy atom. The van der Waals surface area contributed by atoms with Crippen LogP contribution in [0, 0.1) is 11.6 Å². The zero-order chi connectivity index (χ0) is 14.9. The molecule has 20 heavy (non-hydrogen) atoms. The highest BCUT2D eigenvalue weighted by atomic mass is 35.5. The van der Waals surface area contributed by atoms with Gasteiger partial charge in [0.1, 0.15) is 11.3 Å². The summed E-state index contributed by atoms with van der Waals surface area (Å²) in [5.41, 5.74) is 0.439. The van der Waals surface area contributed by atoms with Crippen LogP contribution in [0.25, 0.3) is 11.0 Å². The lowest BCUT2D eigenvalue weighted by molar-refractivity contribution is 0.511.